The van der Waals surface area contributed by atoms with Crippen LogP contribution < -0.4 is 0 Å². The predicted molar refractivity (Wildman–Crippen MR) is 106 cm³/mol. The summed E-state index contributed by atoms with van der Waals surface area (Å²) < 4.78 is 0. The minimum Gasteiger partial charge on any atom is -0.339 e. The monoisotopic (exact) mass is 338 g/mol. The van der Waals surface area contributed by atoms with Gasteiger partial charge in [0.25, 0.3) is 0 Å². The van der Waals surface area contributed by atoms with Gasteiger partial charge in [0.15, 0.2) is 0 Å². The lowest BCUT2D eigenvalue weighted by molar-refractivity contribution is -0.126. The fraction of sp³-hybridized carbons (Fsp3) is 0.455. The number of amides is 1. The molecule has 0 aliphatic carbocycles. The topological polar surface area (TPSA) is 33.2 Å². The third-order valence-electron chi connectivity index (χ3n) is 4.29. The minimum atomic E-state index is 0.0921. The average molecular weight is 338 g/mol. The van der Waals surface area contributed by atoms with Crippen molar-refractivity contribution >= 4 is 22.9 Å². The van der Waals surface area contributed by atoms with Crippen molar-refractivity contribution in [2.24, 2.45) is 11.8 Å². The zero-order chi connectivity index (χ0) is 18.2. The molecule has 0 spiro atoms. The second-order valence-electron chi connectivity index (χ2n) is 7.49. The van der Waals surface area contributed by atoms with E-state index in [4.69, 9.17) is 0 Å². The number of hydrogen-bond donors (Lipinski definition) is 0. The summed E-state index contributed by atoms with van der Waals surface area (Å²) in [5.41, 5.74) is 1.93. The molecule has 25 heavy (non-hydrogen) atoms. The van der Waals surface area contributed by atoms with Gasteiger partial charge < -0.3 is 4.90 Å². The molecule has 0 N–H and O–H groups in total. The maximum atomic E-state index is 12.6. The maximum absolute atomic E-state index is 12.6. The SMILES string of the molecule is CC(C)CCN(CCC(C)C)C(=O)C=Cc1cnc2ccccc2c1. The molecule has 134 valence electrons. The number of aromatic nitrogens is 1. The van der Waals surface area contributed by atoms with Crippen LogP contribution in [0.2, 0.25) is 0 Å². The molecule has 1 amide bonds. The van der Waals surface area contributed by atoms with E-state index >= 15 is 0 Å². The third kappa shape index (κ3) is 6.33. The van der Waals surface area contributed by atoms with Crippen LogP contribution in [0.4, 0.5) is 0 Å². The molecule has 0 atom stereocenters. The van der Waals surface area contributed by atoms with Gasteiger partial charge in [0.1, 0.15) is 0 Å². The number of carbonyl (C=O) groups is 1. The van der Waals surface area contributed by atoms with Crippen molar-refractivity contribution in [3.05, 3.63) is 48.2 Å². The van der Waals surface area contributed by atoms with E-state index in [1.54, 1.807) is 6.08 Å². The third-order valence-corrected chi connectivity index (χ3v) is 4.29. The minimum absolute atomic E-state index is 0.0921. The van der Waals surface area contributed by atoms with Crippen molar-refractivity contribution < 1.29 is 4.79 Å². The number of pyridine rings is 1. The lowest BCUT2D eigenvalue weighted by atomic mass is 10.1. The van der Waals surface area contributed by atoms with E-state index < -0.39 is 0 Å². The van der Waals surface area contributed by atoms with Crippen molar-refractivity contribution in [1.29, 1.82) is 0 Å². The molecule has 1 aromatic carbocycles. The summed E-state index contributed by atoms with van der Waals surface area (Å²) >= 11 is 0. The maximum Gasteiger partial charge on any atom is 0.246 e. The highest BCUT2D eigenvalue weighted by Crippen LogP contribution is 2.14. The summed E-state index contributed by atoms with van der Waals surface area (Å²) in [6, 6.07) is 10.1. The zero-order valence-electron chi connectivity index (χ0n) is 15.9. The first-order valence-corrected chi connectivity index (χ1v) is 9.27. The molecular weight excluding hydrogens is 308 g/mol. The van der Waals surface area contributed by atoms with Gasteiger partial charge >= 0.3 is 0 Å². The van der Waals surface area contributed by atoms with Gasteiger partial charge in [0, 0.05) is 30.7 Å². The molecule has 0 bridgehead atoms. The summed E-state index contributed by atoms with van der Waals surface area (Å²) in [7, 11) is 0. The Balaban J connectivity index is 2.06. The average Bonchev–Trinajstić information content (AvgIpc) is 2.59. The lowest BCUT2D eigenvalue weighted by Gasteiger charge is -2.23. The van der Waals surface area contributed by atoms with Crippen molar-refractivity contribution in [2.75, 3.05) is 13.1 Å². The first-order valence-electron chi connectivity index (χ1n) is 9.27. The highest BCUT2D eigenvalue weighted by molar-refractivity contribution is 5.92. The predicted octanol–water partition coefficient (Wildman–Crippen LogP) is 5.17. The van der Waals surface area contributed by atoms with Crippen molar-refractivity contribution in [1.82, 2.24) is 9.88 Å². The number of fused-ring (bicyclic) bond motifs is 1. The van der Waals surface area contributed by atoms with Crippen molar-refractivity contribution in [3.63, 3.8) is 0 Å². The van der Waals surface area contributed by atoms with Crippen LogP contribution in [0.25, 0.3) is 17.0 Å². The lowest BCUT2D eigenvalue weighted by Crippen LogP contribution is -2.32. The van der Waals surface area contributed by atoms with Crippen LogP contribution in [0.5, 0.6) is 0 Å². The molecule has 2 aromatic rings. The second kappa shape index (κ2) is 9.36. The number of nitrogens with zero attached hydrogens (tertiary/aromatic N) is 2. The van der Waals surface area contributed by atoms with E-state index in [-0.39, 0.29) is 5.91 Å². The molecule has 2 rings (SSSR count). The number of carbonyl (C=O) groups excluding carboxylic acids is 1. The fourth-order valence-electron chi connectivity index (χ4n) is 2.61. The molecule has 0 unspecified atom stereocenters. The molecule has 1 heterocycles. The van der Waals surface area contributed by atoms with Crippen LogP contribution in [0, 0.1) is 11.8 Å². The second-order valence-corrected chi connectivity index (χ2v) is 7.49. The Labute approximate surface area is 151 Å². The van der Waals surface area contributed by atoms with Gasteiger partial charge in [-0.1, -0.05) is 45.9 Å². The van der Waals surface area contributed by atoms with E-state index in [0.29, 0.717) is 11.8 Å². The molecule has 0 fully saturated rings. The fourth-order valence-corrected chi connectivity index (χ4v) is 2.61. The molecule has 3 nitrogen and oxygen atoms in total. The molecule has 3 heteroatoms. The largest absolute Gasteiger partial charge is 0.339 e. The normalized spacial score (nSPS) is 11.8. The molecule has 0 saturated carbocycles. The standard InChI is InChI=1S/C22H30N2O/c1-17(2)11-13-24(14-12-18(3)4)22(25)10-9-19-15-20-7-5-6-8-21(20)23-16-19/h5-10,15-18H,11-14H2,1-4H3. The molecule has 0 saturated heterocycles. The first-order chi connectivity index (χ1) is 12.0. The first kappa shape index (κ1) is 19.2. The van der Waals surface area contributed by atoms with E-state index in [1.165, 1.54) is 0 Å². The van der Waals surface area contributed by atoms with E-state index in [1.807, 2.05) is 41.4 Å². The zero-order valence-corrected chi connectivity index (χ0v) is 15.9. The summed E-state index contributed by atoms with van der Waals surface area (Å²) in [5, 5.41) is 1.09. The Hall–Kier alpha value is -2.16. The molecule has 1 aromatic heterocycles. The van der Waals surface area contributed by atoms with Crippen LogP contribution in [-0.4, -0.2) is 28.9 Å². The highest BCUT2D eigenvalue weighted by Gasteiger charge is 2.12. The van der Waals surface area contributed by atoms with E-state index in [9.17, 15) is 4.79 Å². The quantitative estimate of drug-likeness (QED) is 0.622. The molecule has 0 aliphatic rings. The van der Waals surface area contributed by atoms with Gasteiger partial charge in [-0.15, -0.1) is 0 Å². The molecular formula is C22H30N2O. The number of benzene rings is 1. The van der Waals surface area contributed by atoms with Crippen LogP contribution in [-0.2, 0) is 4.79 Å². The Bertz CT molecular complexity index is 707. The number of rotatable bonds is 8. The van der Waals surface area contributed by atoms with Crippen LogP contribution >= 0.6 is 0 Å². The van der Waals surface area contributed by atoms with Crippen LogP contribution in [0.3, 0.4) is 0 Å². The van der Waals surface area contributed by atoms with Crippen LogP contribution in [0.15, 0.2) is 42.6 Å². The number of para-hydroxylation sites is 1. The van der Waals surface area contributed by atoms with Gasteiger partial charge in [-0.05, 0) is 48.4 Å². The molecule has 0 radical (unpaired) electrons. The number of hydrogen-bond acceptors (Lipinski definition) is 2. The Morgan fingerprint density at radius 1 is 1.08 bits per heavy atom. The van der Waals surface area contributed by atoms with E-state index in [0.717, 1.165) is 42.4 Å². The van der Waals surface area contributed by atoms with Crippen LogP contribution in [0.1, 0.15) is 46.1 Å². The van der Waals surface area contributed by atoms with Crippen molar-refractivity contribution in [2.45, 2.75) is 40.5 Å². The Kier molecular flexibility index (Phi) is 7.17. The Morgan fingerprint density at radius 3 is 2.36 bits per heavy atom. The van der Waals surface area contributed by atoms with Gasteiger partial charge in [0.05, 0.1) is 5.52 Å². The van der Waals surface area contributed by atoms with Gasteiger partial charge in [-0.25, -0.2) is 0 Å². The smallest absolute Gasteiger partial charge is 0.246 e. The molecule has 0 aliphatic heterocycles. The van der Waals surface area contributed by atoms with Crippen molar-refractivity contribution in [3.8, 4) is 0 Å². The summed E-state index contributed by atoms with van der Waals surface area (Å²) in [4.78, 5) is 19.0. The van der Waals surface area contributed by atoms with Gasteiger partial charge in [-0.3, -0.25) is 9.78 Å². The Morgan fingerprint density at radius 2 is 1.72 bits per heavy atom. The highest BCUT2D eigenvalue weighted by atomic mass is 16.2. The summed E-state index contributed by atoms with van der Waals surface area (Å²) in [6.45, 7) is 10.4. The van der Waals surface area contributed by atoms with E-state index in [2.05, 4.69) is 38.7 Å². The van der Waals surface area contributed by atoms with Gasteiger partial charge in [-0.2, -0.15) is 0 Å². The summed E-state index contributed by atoms with van der Waals surface area (Å²) in [6.07, 6.45) is 7.45. The summed E-state index contributed by atoms with van der Waals surface area (Å²) in [5.74, 6) is 1.29. The van der Waals surface area contributed by atoms with Gasteiger partial charge in [0.2, 0.25) is 5.91 Å².